The molecule has 0 bridgehead atoms. The molecule has 1 aromatic heterocycles. The highest BCUT2D eigenvalue weighted by molar-refractivity contribution is 6.33. The number of aromatic nitrogens is 2. The van der Waals surface area contributed by atoms with Gasteiger partial charge in [-0.25, -0.2) is 4.68 Å². The van der Waals surface area contributed by atoms with E-state index in [-0.39, 0.29) is 5.91 Å². The molecule has 1 fully saturated rings. The van der Waals surface area contributed by atoms with Crippen LogP contribution < -0.4 is 9.64 Å². The fraction of sp³-hybridized carbons (Fsp3) is 0.241. The second-order valence-corrected chi connectivity index (χ2v) is 9.46. The van der Waals surface area contributed by atoms with Gasteiger partial charge in [0, 0.05) is 31.7 Å². The van der Waals surface area contributed by atoms with Gasteiger partial charge >= 0.3 is 0 Å². The molecule has 0 unspecified atom stereocenters. The van der Waals surface area contributed by atoms with E-state index >= 15 is 0 Å². The maximum Gasteiger partial charge on any atom is 0.272 e. The molecule has 2 heterocycles. The van der Waals surface area contributed by atoms with Crippen LogP contribution in [0.15, 0.2) is 72.8 Å². The molecule has 0 spiro atoms. The third-order valence-electron chi connectivity index (χ3n) is 6.81. The molecule has 0 radical (unpaired) electrons. The minimum atomic E-state index is -0.0350. The van der Waals surface area contributed by atoms with E-state index in [2.05, 4.69) is 36.9 Å². The van der Waals surface area contributed by atoms with Gasteiger partial charge in [-0.05, 0) is 73.5 Å². The molecule has 4 aromatic rings. The molecular weight excluding hydrogens is 472 g/mol. The number of rotatable bonds is 5. The summed E-state index contributed by atoms with van der Waals surface area (Å²) >= 11 is 6.40. The van der Waals surface area contributed by atoms with Crippen molar-refractivity contribution in [3.8, 4) is 22.7 Å². The molecule has 0 N–H and O–H groups in total. The lowest BCUT2D eigenvalue weighted by atomic mass is 10.0. The number of carbonyl (C=O) groups excluding carboxylic acids is 1. The number of piperazine rings is 1. The third kappa shape index (κ3) is 4.69. The summed E-state index contributed by atoms with van der Waals surface area (Å²) in [5.74, 6) is 0.719. The zero-order chi connectivity index (χ0) is 25.2. The fourth-order valence-corrected chi connectivity index (χ4v) is 4.77. The first-order valence-electron chi connectivity index (χ1n) is 12.1. The molecule has 184 valence electrons. The number of halogens is 1. The van der Waals surface area contributed by atoms with Gasteiger partial charge in [0.1, 0.15) is 11.4 Å². The molecule has 1 amide bonds. The Labute approximate surface area is 216 Å². The highest BCUT2D eigenvalue weighted by Gasteiger charge is 2.27. The summed E-state index contributed by atoms with van der Waals surface area (Å²) in [4.78, 5) is 17.9. The van der Waals surface area contributed by atoms with Gasteiger partial charge in [0.25, 0.3) is 5.91 Å². The summed E-state index contributed by atoms with van der Waals surface area (Å²) < 4.78 is 7.06. The Morgan fingerprint density at radius 2 is 1.61 bits per heavy atom. The van der Waals surface area contributed by atoms with E-state index in [1.54, 1.807) is 11.8 Å². The monoisotopic (exact) mass is 500 g/mol. The topological polar surface area (TPSA) is 50.6 Å². The number of benzene rings is 3. The van der Waals surface area contributed by atoms with E-state index in [1.165, 1.54) is 11.1 Å². The van der Waals surface area contributed by atoms with Gasteiger partial charge in [0.05, 0.1) is 29.2 Å². The van der Waals surface area contributed by atoms with Crippen molar-refractivity contribution in [1.82, 2.24) is 14.7 Å². The fourth-order valence-electron chi connectivity index (χ4n) is 4.52. The van der Waals surface area contributed by atoms with Crippen LogP contribution in [0, 0.1) is 13.8 Å². The van der Waals surface area contributed by atoms with E-state index < -0.39 is 0 Å². The van der Waals surface area contributed by atoms with Crippen LogP contribution in [0.4, 0.5) is 5.69 Å². The Bertz CT molecular complexity index is 1390. The molecular formula is C29H29ClN4O2. The van der Waals surface area contributed by atoms with Crippen LogP contribution in [0.1, 0.15) is 21.6 Å². The maximum atomic E-state index is 13.8. The molecule has 6 nitrogen and oxygen atoms in total. The standard InChI is InChI=1S/C29H29ClN4O2/c1-20-8-9-22(18-21(20)2)26-19-28(34(31-26)23-10-12-24(36-3)13-11-23)29(35)33-16-14-32(15-17-33)27-7-5-4-6-25(27)30/h4-13,18-19H,14-17H2,1-3H3. The lowest BCUT2D eigenvalue weighted by Crippen LogP contribution is -2.49. The Morgan fingerprint density at radius 1 is 0.889 bits per heavy atom. The van der Waals surface area contributed by atoms with Gasteiger partial charge in [0.15, 0.2) is 0 Å². The van der Waals surface area contributed by atoms with E-state index in [9.17, 15) is 4.79 Å². The Hall–Kier alpha value is -3.77. The van der Waals surface area contributed by atoms with Crippen molar-refractivity contribution < 1.29 is 9.53 Å². The average Bonchev–Trinajstić information content (AvgIpc) is 3.36. The highest BCUT2D eigenvalue weighted by atomic mass is 35.5. The first kappa shape index (κ1) is 23.9. The number of nitrogens with zero attached hydrogens (tertiary/aromatic N) is 4. The van der Waals surface area contributed by atoms with E-state index in [1.807, 2.05) is 59.5 Å². The molecule has 1 saturated heterocycles. The predicted molar refractivity (Wildman–Crippen MR) is 145 cm³/mol. The number of methoxy groups -OCH3 is 1. The number of amides is 1. The van der Waals surface area contributed by atoms with Crippen LogP contribution in [-0.2, 0) is 0 Å². The number of ether oxygens (including phenoxy) is 1. The van der Waals surface area contributed by atoms with Crippen molar-refractivity contribution >= 4 is 23.2 Å². The van der Waals surface area contributed by atoms with Gasteiger partial charge < -0.3 is 14.5 Å². The van der Waals surface area contributed by atoms with Gasteiger partial charge in [0.2, 0.25) is 0 Å². The van der Waals surface area contributed by atoms with Crippen LogP contribution in [0.5, 0.6) is 5.75 Å². The van der Waals surface area contributed by atoms with Crippen molar-refractivity contribution in [1.29, 1.82) is 0 Å². The Kier molecular flexibility index (Phi) is 6.70. The first-order valence-corrected chi connectivity index (χ1v) is 12.4. The van der Waals surface area contributed by atoms with Crippen molar-refractivity contribution in [2.75, 3.05) is 38.2 Å². The van der Waals surface area contributed by atoms with E-state index in [4.69, 9.17) is 21.4 Å². The normalized spacial score (nSPS) is 13.7. The molecule has 3 aromatic carbocycles. The average molecular weight is 501 g/mol. The first-order chi connectivity index (χ1) is 17.4. The molecule has 5 rings (SSSR count). The maximum absolute atomic E-state index is 13.8. The summed E-state index contributed by atoms with van der Waals surface area (Å²) in [7, 11) is 1.64. The number of para-hydroxylation sites is 1. The molecule has 0 atom stereocenters. The highest BCUT2D eigenvalue weighted by Crippen LogP contribution is 2.28. The quantitative estimate of drug-likeness (QED) is 0.348. The second kappa shape index (κ2) is 10.1. The summed E-state index contributed by atoms with van der Waals surface area (Å²) in [6.45, 7) is 6.83. The lowest BCUT2D eigenvalue weighted by Gasteiger charge is -2.36. The second-order valence-electron chi connectivity index (χ2n) is 9.05. The molecule has 0 saturated carbocycles. The van der Waals surface area contributed by atoms with Crippen LogP contribution in [0.25, 0.3) is 16.9 Å². The van der Waals surface area contributed by atoms with Crippen molar-refractivity contribution in [3.05, 3.63) is 94.6 Å². The summed E-state index contributed by atoms with van der Waals surface area (Å²) in [6, 6.07) is 23.6. The molecule has 36 heavy (non-hydrogen) atoms. The Morgan fingerprint density at radius 3 is 2.28 bits per heavy atom. The predicted octanol–water partition coefficient (Wildman–Crippen LogP) is 5.78. The molecule has 1 aliphatic heterocycles. The number of carbonyl (C=O) groups is 1. The van der Waals surface area contributed by atoms with Gasteiger partial charge in [-0.1, -0.05) is 35.9 Å². The third-order valence-corrected chi connectivity index (χ3v) is 7.13. The number of hydrogen-bond donors (Lipinski definition) is 0. The SMILES string of the molecule is COc1ccc(-n2nc(-c3ccc(C)c(C)c3)cc2C(=O)N2CCN(c3ccccc3Cl)CC2)cc1. The molecule has 7 heteroatoms. The van der Waals surface area contributed by atoms with Gasteiger partial charge in [-0.3, -0.25) is 4.79 Å². The lowest BCUT2D eigenvalue weighted by molar-refractivity contribution is 0.0737. The Balaban J connectivity index is 1.45. The number of hydrogen-bond acceptors (Lipinski definition) is 4. The van der Waals surface area contributed by atoms with Crippen molar-refractivity contribution in [2.24, 2.45) is 0 Å². The number of anilines is 1. The summed E-state index contributed by atoms with van der Waals surface area (Å²) in [5.41, 5.74) is 6.53. The van der Waals surface area contributed by atoms with Crippen LogP contribution in [0.3, 0.4) is 0 Å². The molecule has 0 aliphatic carbocycles. The van der Waals surface area contributed by atoms with Crippen LogP contribution >= 0.6 is 11.6 Å². The van der Waals surface area contributed by atoms with Crippen molar-refractivity contribution in [2.45, 2.75) is 13.8 Å². The number of aryl methyl sites for hydroxylation is 2. The zero-order valence-electron chi connectivity index (χ0n) is 20.7. The minimum Gasteiger partial charge on any atom is -0.497 e. The zero-order valence-corrected chi connectivity index (χ0v) is 21.5. The smallest absolute Gasteiger partial charge is 0.272 e. The minimum absolute atomic E-state index is 0.0350. The van der Waals surface area contributed by atoms with Crippen LogP contribution in [-0.4, -0.2) is 53.9 Å². The molecule has 1 aliphatic rings. The summed E-state index contributed by atoms with van der Waals surface area (Å²) in [6.07, 6.45) is 0. The van der Waals surface area contributed by atoms with Gasteiger partial charge in [-0.2, -0.15) is 5.10 Å². The summed E-state index contributed by atoms with van der Waals surface area (Å²) in [5, 5.41) is 5.60. The van der Waals surface area contributed by atoms with Gasteiger partial charge in [-0.15, -0.1) is 0 Å². The van der Waals surface area contributed by atoms with Crippen molar-refractivity contribution in [3.63, 3.8) is 0 Å². The van der Waals surface area contributed by atoms with E-state index in [0.717, 1.165) is 46.5 Å². The van der Waals surface area contributed by atoms with E-state index in [0.29, 0.717) is 18.8 Å². The largest absolute Gasteiger partial charge is 0.497 e. The van der Waals surface area contributed by atoms with Crippen LogP contribution in [0.2, 0.25) is 5.02 Å².